The second-order valence-corrected chi connectivity index (χ2v) is 31.2. The maximum atomic E-state index is 13.9. The maximum Gasteiger partial charge on any atom is 0.326 e. The van der Waals surface area contributed by atoms with Gasteiger partial charge in [0.15, 0.2) is 11.9 Å². The van der Waals surface area contributed by atoms with Crippen LogP contribution in [0.4, 0.5) is 0 Å². The highest BCUT2D eigenvalue weighted by atomic mass is 16.4. The predicted molar refractivity (Wildman–Crippen MR) is 456 cm³/mol. The number of hydrogen-bond acceptors (Lipinski definition) is 28. The average molecular weight is 1850 g/mol. The minimum atomic E-state index is -1.79. The quantitative estimate of drug-likeness (QED) is 0.0153. The smallest absolute Gasteiger partial charge is 0.326 e. The molecular formula is C75H129N29O26. The van der Waals surface area contributed by atoms with E-state index < -0.39 is 317 Å². The van der Waals surface area contributed by atoms with Crippen LogP contribution in [0.15, 0.2) is 0 Å². The summed E-state index contributed by atoms with van der Waals surface area (Å²) in [5.41, 5.74) is 21.8. The second kappa shape index (κ2) is 59.3. The molecule has 1 fully saturated rings. The number of nitrogens with two attached hydrogens (primary N) is 4. The molecule has 55 nitrogen and oxygen atoms in total. The van der Waals surface area contributed by atoms with Crippen molar-refractivity contribution in [2.75, 3.05) is 91.6 Å². The highest BCUT2D eigenvalue weighted by molar-refractivity contribution is 6.01. The molecule has 130 heavy (non-hydrogen) atoms. The number of likely N-dealkylation sites (tertiary alicyclic amines) is 1. The lowest BCUT2D eigenvalue weighted by atomic mass is 9.98. The van der Waals surface area contributed by atoms with Crippen molar-refractivity contribution in [2.45, 2.75) is 206 Å². The molecule has 0 bridgehead atoms. The zero-order chi connectivity index (χ0) is 98.9. The number of nitrogens with zero attached hydrogens (tertiary/aromatic N) is 1. The maximum absolute atomic E-state index is 13.9. The molecule has 22 amide bonds. The first-order valence-corrected chi connectivity index (χ1v) is 41.6. The van der Waals surface area contributed by atoms with Gasteiger partial charge in [-0.2, -0.15) is 0 Å². The molecule has 0 aromatic rings. The zero-order valence-electron chi connectivity index (χ0n) is 74.4. The van der Waals surface area contributed by atoms with Gasteiger partial charge in [0, 0.05) is 19.6 Å². The fraction of sp³-hybridized carbons (Fsp3) is 0.667. The van der Waals surface area contributed by atoms with E-state index in [2.05, 4.69) is 117 Å². The molecule has 0 spiro atoms. The van der Waals surface area contributed by atoms with Crippen molar-refractivity contribution >= 4 is 148 Å². The van der Waals surface area contributed by atoms with Crippen molar-refractivity contribution < 1.29 is 126 Å². The molecule has 1 heterocycles. The summed E-state index contributed by atoms with van der Waals surface area (Å²) < 4.78 is 0. The van der Waals surface area contributed by atoms with Gasteiger partial charge in [0.2, 0.25) is 130 Å². The van der Waals surface area contributed by atoms with Crippen LogP contribution in [0, 0.1) is 34.5 Å². The lowest BCUT2D eigenvalue weighted by Gasteiger charge is -2.29. The highest BCUT2D eigenvalue weighted by Crippen LogP contribution is 2.20. The number of nitrogens with one attached hydrogen (secondary N) is 24. The molecule has 730 valence electrons. The number of guanidine groups is 2. The third-order valence-electron chi connectivity index (χ3n) is 19.1. The van der Waals surface area contributed by atoms with E-state index in [1.807, 2.05) is 0 Å². The Kier molecular flexibility index (Phi) is 52.1. The predicted octanol–water partition coefficient (Wildman–Crippen LogP) is -15.8. The van der Waals surface area contributed by atoms with Gasteiger partial charge in [0.1, 0.15) is 60.4 Å². The van der Waals surface area contributed by atoms with Gasteiger partial charge in [-0.1, -0.05) is 61.8 Å². The summed E-state index contributed by atoms with van der Waals surface area (Å²) in [5, 5.41) is 95.8. The largest absolute Gasteiger partial charge is 0.480 e. The molecule has 1 aliphatic rings. The monoisotopic (exact) mass is 1850 g/mol. The molecule has 14 atom stereocenters. The molecule has 1 aliphatic heterocycles. The van der Waals surface area contributed by atoms with E-state index in [9.17, 15) is 126 Å². The Bertz CT molecular complexity index is 4020. The number of aliphatic carboxylic acids is 1. The van der Waals surface area contributed by atoms with Gasteiger partial charge in [0.25, 0.3) is 0 Å². The number of carboxylic acid groups (broad SMARTS) is 1. The van der Waals surface area contributed by atoms with Crippen molar-refractivity contribution in [3.8, 4) is 0 Å². The van der Waals surface area contributed by atoms with E-state index in [4.69, 9.17) is 33.8 Å². The minimum Gasteiger partial charge on any atom is -0.480 e. The fourth-order valence-electron chi connectivity index (χ4n) is 11.6. The summed E-state index contributed by atoms with van der Waals surface area (Å²) in [6, 6.07) is -15.3. The summed E-state index contributed by atoms with van der Waals surface area (Å²) in [7, 11) is 0. The first-order chi connectivity index (χ1) is 60.8. The number of rotatable bonds is 59. The number of carbonyl (C=O) groups is 23. The van der Waals surface area contributed by atoms with Gasteiger partial charge in [0.05, 0.1) is 96.7 Å². The molecule has 0 unspecified atom stereocenters. The fourth-order valence-corrected chi connectivity index (χ4v) is 11.6. The Morgan fingerprint density at radius 2 is 0.677 bits per heavy atom. The van der Waals surface area contributed by atoms with Crippen LogP contribution in [-0.2, 0) is 110 Å². The zero-order valence-corrected chi connectivity index (χ0v) is 74.4. The molecule has 1 saturated heterocycles. The molecule has 35 N–H and O–H groups in total. The molecule has 1 rings (SSSR count). The molecular weight excluding hydrogens is 1720 g/mol. The average Bonchev–Trinajstić information content (AvgIpc) is 1.67. The van der Waals surface area contributed by atoms with Crippen LogP contribution in [-0.4, -0.2) is 338 Å². The van der Waals surface area contributed by atoms with Crippen LogP contribution < -0.4 is 140 Å². The Hall–Kier alpha value is -13.8. The van der Waals surface area contributed by atoms with Gasteiger partial charge < -0.3 is 160 Å². The number of aliphatic hydroxyl groups excluding tert-OH is 2. The first-order valence-electron chi connectivity index (χ1n) is 41.6. The number of carboxylic acids is 1. The highest BCUT2D eigenvalue weighted by Gasteiger charge is 2.40. The van der Waals surface area contributed by atoms with Crippen molar-refractivity contribution in [1.82, 2.24) is 122 Å². The molecule has 55 heteroatoms. The van der Waals surface area contributed by atoms with Crippen LogP contribution >= 0.6 is 0 Å². The number of carbonyl (C=O) groups excluding carboxylic acids is 22. The van der Waals surface area contributed by atoms with E-state index in [1.165, 1.54) is 34.6 Å². The Labute approximate surface area is 747 Å². The summed E-state index contributed by atoms with van der Waals surface area (Å²) in [6.45, 7) is 8.30. The topological polar surface area (TPSA) is 873 Å². The number of hydrogen-bond donors (Lipinski definition) is 31. The normalized spacial score (nSPS) is 15.0. The molecule has 0 aromatic carbocycles. The lowest BCUT2D eigenvalue weighted by Crippen LogP contribution is -2.59. The summed E-state index contributed by atoms with van der Waals surface area (Å²) in [5.74, 6) is -24.7. The molecule has 0 radical (unpaired) electrons. The standard InChI is InChI=1S/C75H129N29O26/c1-12-37(8)60(101-54(116)30-86-50(112)27-93-71(127)61(39(10)105)102-55(117)31-87-46(108)23-89-66(122)57(77)34(2)3)69(125)91-25-48(110)84-28-52(114)99-58(35(4)5)67(123)90-24-47(109)88-32-56(118)103-62(40(11)106)70(126)92-26-49(111)85-29-53(115)100-59(36(6)7)68(124)94-33-51(113)96-43(22-45(76)107)64(120)97-41(16-13-19-82-74(78)79)63(119)95-38(9)72(128)104-21-15-18-44(104)65(121)98-42(73(129)130)17-14-20-83-75(80)81/h34-44,57-62,105-106H,12-33,77H2,1-11H3,(H2,76,107)(H,84,110)(H,85,111)(H,86,112)(H,87,108)(H,88,109)(H,89,122)(H,90,123)(H,91,125)(H,92,126)(H,93,127)(H,94,124)(H,95,119)(H,96,113)(H,97,120)(H,98,121)(H,99,114)(H,100,115)(H,101,116)(H,102,117)(H,103,118)(H,129,130)(H4,78,79,82)(H4,80,81,83)/t37-,38-,39+,40+,41-,42-,43-,44-,57-,58-,59-,60-,61-,62-/m0/s1. The molecule has 0 aliphatic carbocycles. The summed E-state index contributed by atoms with van der Waals surface area (Å²) >= 11 is 0. The number of amides is 22. The lowest BCUT2D eigenvalue weighted by molar-refractivity contribution is -0.145. The Morgan fingerprint density at radius 1 is 0.362 bits per heavy atom. The van der Waals surface area contributed by atoms with Gasteiger partial charge in [-0.25, -0.2) is 4.79 Å². The molecule has 0 aromatic heterocycles. The van der Waals surface area contributed by atoms with Crippen LogP contribution in [0.25, 0.3) is 0 Å². The van der Waals surface area contributed by atoms with E-state index in [-0.39, 0.29) is 63.6 Å². The Morgan fingerprint density at radius 3 is 1.02 bits per heavy atom. The van der Waals surface area contributed by atoms with Crippen molar-refractivity contribution in [2.24, 2.45) is 46.6 Å². The van der Waals surface area contributed by atoms with Crippen molar-refractivity contribution in [1.29, 1.82) is 10.8 Å². The van der Waals surface area contributed by atoms with E-state index in [0.717, 1.165) is 18.7 Å². The molecule has 0 saturated carbocycles. The third-order valence-corrected chi connectivity index (χ3v) is 19.1. The van der Waals surface area contributed by atoms with Crippen LogP contribution in [0.5, 0.6) is 0 Å². The summed E-state index contributed by atoms with van der Waals surface area (Å²) in [4.78, 5) is 299. The van der Waals surface area contributed by atoms with Gasteiger partial charge in [-0.3, -0.25) is 116 Å². The van der Waals surface area contributed by atoms with Crippen LogP contribution in [0.3, 0.4) is 0 Å². The number of primary amides is 1. The van der Waals surface area contributed by atoms with E-state index in [0.29, 0.717) is 12.8 Å². The summed E-state index contributed by atoms with van der Waals surface area (Å²) in [6.07, 6.45) is -3.15. The van der Waals surface area contributed by atoms with Gasteiger partial charge in [-0.15, -0.1) is 0 Å². The van der Waals surface area contributed by atoms with Crippen LogP contribution in [0.2, 0.25) is 0 Å². The third kappa shape index (κ3) is 45.6. The Balaban J connectivity index is 2.76. The van der Waals surface area contributed by atoms with Crippen molar-refractivity contribution in [3.05, 3.63) is 0 Å². The van der Waals surface area contributed by atoms with E-state index in [1.54, 1.807) is 27.7 Å². The minimum absolute atomic E-state index is 0.00533. The first kappa shape index (κ1) is 114. The second-order valence-electron chi connectivity index (χ2n) is 31.2. The van der Waals surface area contributed by atoms with E-state index >= 15 is 0 Å². The number of aliphatic hydroxyl groups is 2. The van der Waals surface area contributed by atoms with Gasteiger partial charge in [-0.05, 0) is 83.0 Å². The van der Waals surface area contributed by atoms with Crippen LogP contribution in [0.1, 0.15) is 128 Å². The SMILES string of the molecule is CC[C@H](C)[C@H](NC(=O)CNC(=O)CNC(=O)[C@@H](NC(=O)CNC(=O)CNC(=O)[C@@H](N)C(C)C)[C@@H](C)O)C(=O)NCC(=O)NCC(=O)N[C@H](C(=O)NCC(=O)NCC(=O)N[C@H](C(=O)NCC(=O)NCC(=O)N[C@H](C(=O)NCC(=O)N[C@@H](CC(N)=O)C(=O)N[C@@H](CCCNC(=N)N)C(=O)N[C@@H](C)C(=O)N1CCC[C@H]1C(=O)N[C@@H](CCCNC(=N)N)C(=O)O)C(C)C)[C@@H](C)O)C(C)C. The van der Waals surface area contributed by atoms with Gasteiger partial charge >= 0.3 is 5.97 Å². The van der Waals surface area contributed by atoms with Crippen molar-refractivity contribution in [3.63, 3.8) is 0 Å².